The van der Waals surface area contributed by atoms with Crippen LogP contribution in [-0.2, 0) is 0 Å². The third kappa shape index (κ3) is 2.77. The zero-order valence-corrected chi connectivity index (χ0v) is 13.0. The van der Waals surface area contributed by atoms with E-state index in [1.807, 2.05) is 13.0 Å². The predicted molar refractivity (Wildman–Crippen MR) is 82.3 cm³/mol. The summed E-state index contributed by atoms with van der Waals surface area (Å²) in [4.78, 5) is 17.3. The van der Waals surface area contributed by atoms with Crippen molar-refractivity contribution in [2.24, 2.45) is 0 Å². The molecular weight excluding hydrogens is 258 g/mol. The van der Waals surface area contributed by atoms with Crippen molar-refractivity contribution in [2.45, 2.75) is 39.3 Å². The van der Waals surface area contributed by atoms with Crippen LogP contribution in [-0.4, -0.2) is 42.9 Å². The first-order valence-electron chi connectivity index (χ1n) is 6.83. The van der Waals surface area contributed by atoms with E-state index in [1.165, 1.54) is 11.3 Å². The first-order valence-corrected chi connectivity index (χ1v) is 7.65. The fourth-order valence-corrected chi connectivity index (χ4v) is 3.62. The van der Waals surface area contributed by atoms with Crippen molar-refractivity contribution < 1.29 is 4.79 Å². The Labute approximate surface area is 119 Å². The van der Waals surface area contributed by atoms with E-state index in [4.69, 9.17) is 5.73 Å². The fourth-order valence-electron chi connectivity index (χ4n) is 2.51. The standard InChI is InChI=1S/C14H23N3OS/c1-5-12(18)14-11(15)6-13(19-14)17-7-9(2)16(4)10(3)8-17/h6,9-10H,5,7-8,15H2,1-4H3. The number of hydrogen-bond acceptors (Lipinski definition) is 5. The minimum atomic E-state index is 0.143. The summed E-state index contributed by atoms with van der Waals surface area (Å²) >= 11 is 1.54. The maximum atomic E-state index is 11.8. The van der Waals surface area contributed by atoms with Crippen LogP contribution in [0.5, 0.6) is 0 Å². The highest BCUT2D eigenvalue weighted by Crippen LogP contribution is 2.34. The molecule has 1 fully saturated rings. The number of likely N-dealkylation sites (N-methyl/N-ethyl adjacent to an activating group) is 1. The summed E-state index contributed by atoms with van der Waals surface area (Å²) in [6.45, 7) is 8.32. The molecule has 1 aliphatic heterocycles. The molecule has 4 nitrogen and oxygen atoms in total. The lowest BCUT2D eigenvalue weighted by atomic mass is 10.1. The third-order valence-electron chi connectivity index (χ3n) is 3.99. The minimum absolute atomic E-state index is 0.143. The van der Waals surface area contributed by atoms with Crippen molar-refractivity contribution in [2.75, 3.05) is 30.8 Å². The maximum Gasteiger partial charge on any atom is 0.174 e. The molecule has 2 unspecified atom stereocenters. The van der Waals surface area contributed by atoms with Crippen LogP contribution in [0.2, 0.25) is 0 Å². The molecule has 0 spiro atoms. The number of nitrogens with zero attached hydrogens (tertiary/aromatic N) is 2. The molecule has 0 amide bonds. The predicted octanol–water partition coefficient (Wildman–Crippen LogP) is 2.45. The Morgan fingerprint density at radius 2 is 2.00 bits per heavy atom. The zero-order valence-electron chi connectivity index (χ0n) is 12.1. The molecule has 1 saturated heterocycles. The van der Waals surface area contributed by atoms with Gasteiger partial charge in [0.25, 0.3) is 0 Å². The van der Waals surface area contributed by atoms with Crippen molar-refractivity contribution in [3.05, 3.63) is 10.9 Å². The van der Waals surface area contributed by atoms with E-state index >= 15 is 0 Å². The van der Waals surface area contributed by atoms with Gasteiger partial charge in [0, 0.05) is 31.6 Å². The van der Waals surface area contributed by atoms with Gasteiger partial charge < -0.3 is 10.6 Å². The average Bonchev–Trinajstić information content (AvgIpc) is 2.76. The summed E-state index contributed by atoms with van der Waals surface area (Å²) < 4.78 is 0. The molecule has 0 bridgehead atoms. The molecule has 2 rings (SSSR count). The number of rotatable bonds is 3. The van der Waals surface area contributed by atoms with Gasteiger partial charge in [0.1, 0.15) is 0 Å². The monoisotopic (exact) mass is 281 g/mol. The molecule has 1 aromatic rings. The van der Waals surface area contributed by atoms with Crippen LogP contribution in [0.15, 0.2) is 6.07 Å². The van der Waals surface area contributed by atoms with Crippen LogP contribution < -0.4 is 10.6 Å². The quantitative estimate of drug-likeness (QED) is 0.865. The summed E-state index contributed by atoms with van der Waals surface area (Å²) in [6.07, 6.45) is 0.514. The Hall–Kier alpha value is -1.07. The van der Waals surface area contributed by atoms with E-state index in [0.29, 0.717) is 24.2 Å². The lowest BCUT2D eigenvalue weighted by Crippen LogP contribution is -2.54. The molecule has 19 heavy (non-hydrogen) atoms. The van der Waals surface area contributed by atoms with E-state index in [9.17, 15) is 4.79 Å². The summed E-state index contributed by atoms with van der Waals surface area (Å²) in [5.74, 6) is 0.143. The second-order valence-corrected chi connectivity index (χ2v) is 6.44. The Kier molecular flexibility index (Phi) is 4.16. The van der Waals surface area contributed by atoms with Gasteiger partial charge in [0.15, 0.2) is 5.78 Å². The van der Waals surface area contributed by atoms with E-state index < -0.39 is 0 Å². The Bertz CT molecular complexity index is 459. The van der Waals surface area contributed by atoms with E-state index in [1.54, 1.807) is 0 Å². The Morgan fingerprint density at radius 3 is 2.53 bits per heavy atom. The first kappa shape index (κ1) is 14.3. The minimum Gasteiger partial charge on any atom is -0.397 e. The van der Waals surface area contributed by atoms with Crippen LogP contribution in [0.4, 0.5) is 10.7 Å². The normalized spacial score (nSPS) is 24.7. The number of nitrogen functional groups attached to an aromatic ring is 1. The summed E-state index contributed by atoms with van der Waals surface area (Å²) in [5.41, 5.74) is 6.60. The molecule has 106 valence electrons. The number of anilines is 2. The van der Waals surface area contributed by atoms with Crippen molar-refractivity contribution in [3.63, 3.8) is 0 Å². The molecule has 0 aliphatic carbocycles. The van der Waals surface area contributed by atoms with Crippen molar-refractivity contribution in [1.29, 1.82) is 0 Å². The molecule has 2 heterocycles. The fraction of sp³-hybridized carbons (Fsp3) is 0.643. The molecule has 2 N–H and O–H groups in total. The number of Topliss-reactive ketones (excluding diaryl/α,β-unsaturated/α-hetero) is 1. The second kappa shape index (κ2) is 5.51. The molecule has 5 heteroatoms. The number of carbonyl (C=O) groups excluding carboxylic acids is 1. The van der Waals surface area contributed by atoms with Crippen LogP contribution in [0.3, 0.4) is 0 Å². The smallest absolute Gasteiger partial charge is 0.174 e. The molecule has 0 saturated carbocycles. The lowest BCUT2D eigenvalue weighted by molar-refractivity contribution is 0.0993. The van der Waals surface area contributed by atoms with E-state index in [2.05, 4.69) is 30.7 Å². The van der Waals surface area contributed by atoms with Gasteiger partial charge in [-0.1, -0.05) is 6.92 Å². The highest BCUT2D eigenvalue weighted by Gasteiger charge is 2.28. The third-order valence-corrected chi connectivity index (χ3v) is 5.25. The first-order chi connectivity index (χ1) is 8.93. The highest BCUT2D eigenvalue weighted by atomic mass is 32.1. The largest absolute Gasteiger partial charge is 0.397 e. The highest BCUT2D eigenvalue weighted by molar-refractivity contribution is 7.18. The lowest BCUT2D eigenvalue weighted by Gasteiger charge is -2.42. The molecule has 0 radical (unpaired) electrons. The van der Waals surface area contributed by atoms with Crippen molar-refractivity contribution in [1.82, 2.24) is 4.90 Å². The number of piperazine rings is 1. The van der Waals surface area contributed by atoms with Crippen LogP contribution >= 0.6 is 11.3 Å². The van der Waals surface area contributed by atoms with E-state index in [-0.39, 0.29) is 5.78 Å². The summed E-state index contributed by atoms with van der Waals surface area (Å²) in [5, 5.41) is 1.13. The van der Waals surface area contributed by atoms with Gasteiger partial charge in [-0.25, -0.2) is 0 Å². The molecule has 1 aromatic heterocycles. The van der Waals surface area contributed by atoms with Gasteiger partial charge in [0.05, 0.1) is 15.6 Å². The van der Waals surface area contributed by atoms with Crippen LogP contribution in [0, 0.1) is 0 Å². The van der Waals surface area contributed by atoms with E-state index in [0.717, 1.165) is 23.0 Å². The molecule has 2 atom stereocenters. The number of thiophene rings is 1. The topological polar surface area (TPSA) is 49.6 Å². The Morgan fingerprint density at radius 1 is 1.42 bits per heavy atom. The summed E-state index contributed by atoms with van der Waals surface area (Å²) in [6, 6.07) is 2.98. The van der Waals surface area contributed by atoms with Gasteiger partial charge in [-0.05, 0) is 27.0 Å². The second-order valence-electron chi connectivity index (χ2n) is 5.41. The van der Waals surface area contributed by atoms with Crippen molar-refractivity contribution in [3.8, 4) is 0 Å². The Balaban J connectivity index is 2.21. The van der Waals surface area contributed by atoms with Crippen molar-refractivity contribution >= 4 is 27.8 Å². The SMILES string of the molecule is CCC(=O)c1sc(N2CC(C)N(C)C(C)C2)cc1N. The number of carbonyl (C=O) groups is 1. The van der Waals surface area contributed by atoms with Gasteiger partial charge >= 0.3 is 0 Å². The molecular formula is C14H23N3OS. The summed E-state index contributed by atoms with van der Waals surface area (Å²) in [7, 11) is 2.17. The van der Waals surface area contributed by atoms with Gasteiger partial charge in [-0.3, -0.25) is 9.69 Å². The van der Waals surface area contributed by atoms with Gasteiger partial charge in [-0.15, -0.1) is 11.3 Å². The maximum absolute atomic E-state index is 11.8. The van der Waals surface area contributed by atoms with Gasteiger partial charge in [-0.2, -0.15) is 0 Å². The molecule has 1 aliphatic rings. The number of hydrogen-bond donors (Lipinski definition) is 1. The molecule has 0 aromatic carbocycles. The number of ketones is 1. The van der Waals surface area contributed by atoms with Crippen LogP contribution in [0.1, 0.15) is 36.9 Å². The number of nitrogens with two attached hydrogens (primary N) is 1. The zero-order chi connectivity index (χ0) is 14.2. The average molecular weight is 281 g/mol. The van der Waals surface area contributed by atoms with Gasteiger partial charge in [0.2, 0.25) is 0 Å². The van der Waals surface area contributed by atoms with Crippen LogP contribution in [0.25, 0.3) is 0 Å².